The molecule has 0 aliphatic heterocycles. The summed E-state index contributed by atoms with van der Waals surface area (Å²) >= 11 is 3.26. The number of halogens is 1. The SMILES string of the molecule is Cc1ncc(Br)c(NCC#N)n1. The second kappa shape index (κ2) is 4.02. The van der Waals surface area contributed by atoms with E-state index in [0.717, 1.165) is 4.47 Å². The highest BCUT2D eigenvalue weighted by Crippen LogP contribution is 2.17. The molecule has 0 fully saturated rings. The van der Waals surface area contributed by atoms with Gasteiger partial charge < -0.3 is 5.32 Å². The Bertz CT molecular complexity index is 318. The third kappa shape index (κ3) is 2.17. The fraction of sp³-hybridized carbons (Fsp3) is 0.286. The number of anilines is 1. The number of rotatable bonds is 2. The molecule has 1 aromatic heterocycles. The zero-order valence-corrected chi connectivity index (χ0v) is 8.09. The fourth-order valence-electron chi connectivity index (χ4n) is 0.703. The Hall–Kier alpha value is -1.15. The lowest BCUT2D eigenvalue weighted by Crippen LogP contribution is -2.03. The van der Waals surface area contributed by atoms with Crippen molar-refractivity contribution in [1.82, 2.24) is 9.97 Å². The lowest BCUT2D eigenvalue weighted by Gasteiger charge is -2.02. The standard InChI is InChI=1S/C7H7BrN4/c1-5-11-4-6(8)7(12-5)10-3-2-9/h4H,3H2,1H3,(H,10,11,12). The molecule has 12 heavy (non-hydrogen) atoms. The van der Waals surface area contributed by atoms with Crippen molar-refractivity contribution < 1.29 is 0 Å². The van der Waals surface area contributed by atoms with Crippen molar-refractivity contribution in [3.05, 3.63) is 16.5 Å². The molecular weight excluding hydrogens is 220 g/mol. The van der Waals surface area contributed by atoms with E-state index in [2.05, 4.69) is 31.2 Å². The van der Waals surface area contributed by atoms with Gasteiger partial charge in [0, 0.05) is 6.20 Å². The van der Waals surface area contributed by atoms with Crippen LogP contribution in [0.2, 0.25) is 0 Å². The van der Waals surface area contributed by atoms with Gasteiger partial charge in [0.2, 0.25) is 0 Å². The molecule has 0 spiro atoms. The third-order valence-electron chi connectivity index (χ3n) is 1.20. The minimum atomic E-state index is 0.245. The van der Waals surface area contributed by atoms with Crippen molar-refractivity contribution >= 4 is 21.7 Å². The van der Waals surface area contributed by atoms with Crippen molar-refractivity contribution in [1.29, 1.82) is 5.26 Å². The van der Waals surface area contributed by atoms with Crippen LogP contribution in [0.1, 0.15) is 5.82 Å². The first-order chi connectivity index (χ1) is 5.74. The van der Waals surface area contributed by atoms with Gasteiger partial charge in [0.25, 0.3) is 0 Å². The molecule has 1 N–H and O–H groups in total. The lowest BCUT2D eigenvalue weighted by molar-refractivity contribution is 1.03. The molecule has 0 amide bonds. The Labute approximate surface area is 78.8 Å². The summed E-state index contributed by atoms with van der Waals surface area (Å²) in [6.45, 7) is 2.04. The second-order valence-corrected chi connectivity index (χ2v) is 2.98. The summed E-state index contributed by atoms with van der Waals surface area (Å²) in [6, 6.07) is 1.97. The van der Waals surface area contributed by atoms with Gasteiger partial charge in [-0.2, -0.15) is 5.26 Å². The minimum absolute atomic E-state index is 0.245. The van der Waals surface area contributed by atoms with Crippen LogP contribution in [0.3, 0.4) is 0 Å². The summed E-state index contributed by atoms with van der Waals surface area (Å²) in [5.41, 5.74) is 0. The minimum Gasteiger partial charge on any atom is -0.356 e. The second-order valence-electron chi connectivity index (χ2n) is 2.13. The van der Waals surface area contributed by atoms with Crippen molar-refractivity contribution in [3.8, 4) is 6.07 Å². The topological polar surface area (TPSA) is 61.6 Å². The predicted octanol–water partition coefficient (Wildman–Crippen LogP) is 1.48. The molecule has 0 saturated heterocycles. The maximum Gasteiger partial charge on any atom is 0.144 e. The fourth-order valence-corrected chi connectivity index (χ4v) is 1.03. The molecule has 1 rings (SSSR count). The van der Waals surface area contributed by atoms with Gasteiger partial charge in [0.15, 0.2) is 0 Å². The number of nitriles is 1. The number of hydrogen-bond donors (Lipinski definition) is 1. The van der Waals surface area contributed by atoms with E-state index in [-0.39, 0.29) is 6.54 Å². The van der Waals surface area contributed by atoms with Gasteiger partial charge in [0.1, 0.15) is 18.2 Å². The zero-order chi connectivity index (χ0) is 8.97. The van der Waals surface area contributed by atoms with Crippen LogP contribution in [0.15, 0.2) is 10.7 Å². The quantitative estimate of drug-likeness (QED) is 0.777. The normalized spacial score (nSPS) is 9.08. The predicted molar refractivity (Wildman–Crippen MR) is 48.6 cm³/mol. The molecule has 0 atom stereocenters. The molecule has 0 aliphatic carbocycles. The van der Waals surface area contributed by atoms with Crippen molar-refractivity contribution in [2.24, 2.45) is 0 Å². The van der Waals surface area contributed by atoms with Crippen LogP contribution < -0.4 is 5.32 Å². The van der Waals surface area contributed by atoms with E-state index in [1.807, 2.05) is 6.07 Å². The van der Waals surface area contributed by atoms with Crippen LogP contribution in [0.5, 0.6) is 0 Å². The summed E-state index contributed by atoms with van der Waals surface area (Å²) in [5.74, 6) is 1.34. The summed E-state index contributed by atoms with van der Waals surface area (Å²) in [5, 5.41) is 11.2. The summed E-state index contributed by atoms with van der Waals surface area (Å²) in [6.07, 6.45) is 1.65. The lowest BCUT2D eigenvalue weighted by atomic mass is 10.5. The molecule has 0 bridgehead atoms. The highest BCUT2D eigenvalue weighted by atomic mass is 79.9. The monoisotopic (exact) mass is 226 g/mol. The summed E-state index contributed by atoms with van der Waals surface area (Å²) in [4.78, 5) is 8.06. The molecule has 0 unspecified atom stereocenters. The first-order valence-electron chi connectivity index (χ1n) is 3.34. The maximum absolute atomic E-state index is 8.32. The summed E-state index contributed by atoms with van der Waals surface area (Å²) in [7, 11) is 0. The zero-order valence-electron chi connectivity index (χ0n) is 6.50. The van der Waals surface area contributed by atoms with Gasteiger partial charge in [-0.25, -0.2) is 9.97 Å². The molecule has 0 saturated carbocycles. The van der Waals surface area contributed by atoms with E-state index in [9.17, 15) is 0 Å². The van der Waals surface area contributed by atoms with Crippen molar-refractivity contribution in [2.75, 3.05) is 11.9 Å². The van der Waals surface area contributed by atoms with Crippen LogP contribution in [-0.2, 0) is 0 Å². The van der Waals surface area contributed by atoms with Crippen molar-refractivity contribution in [2.45, 2.75) is 6.92 Å². The third-order valence-corrected chi connectivity index (χ3v) is 1.78. The molecular formula is C7H7BrN4. The number of nitrogens with zero attached hydrogens (tertiary/aromatic N) is 3. The highest BCUT2D eigenvalue weighted by molar-refractivity contribution is 9.10. The number of aromatic nitrogens is 2. The Kier molecular flexibility index (Phi) is 3.00. The Morgan fingerprint density at radius 2 is 2.50 bits per heavy atom. The molecule has 1 aromatic rings. The number of nitrogens with one attached hydrogen (secondary N) is 1. The molecule has 4 nitrogen and oxygen atoms in total. The van der Waals surface area contributed by atoms with Gasteiger partial charge in [-0.3, -0.25) is 0 Å². The van der Waals surface area contributed by atoms with Crippen LogP contribution in [-0.4, -0.2) is 16.5 Å². The van der Waals surface area contributed by atoms with E-state index in [1.54, 1.807) is 13.1 Å². The molecule has 0 aliphatic rings. The van der Waals surface area contributed by atoms with Gasteiger partial charge in [-0.05, 0) is 22.9 Å². The van der Waals surface area contributed by atoms with Gasteiger partial charge in [0.05, 0.1) is 10.5 Å². The average molecular weight is 227 g/mol. The van der Waals surface area contributed by atoms with E-state index in [0.29, 0.717) is 11.6 Å². The smallest absolute Gasteiger partial charge is 0.144 e. The first kappa shape index (κ1) is 8.94. The van der Waals surface area contributed by atoms with Crippen LogP contribution in [0, 0.1) is 18.3 Å². The van der Waals surface area contributed by atoms with E-state index in [4.69, 9.17) is 5.26 Å². The van der Waals surface area contributed by atoms with Crippen LogP contribution >= 0.6 is 15.9 Å². The van der Waals surface area contributed by atoms with Gasteiger partial charge >= 0.3 is 0 Å². The molecule has 0 aromatic carbocycles. The number of hydrogen-bond acceptors (Lipinski definition) is 4. The van der Waals surface area contributed by atoms with Crippen molar-refractivity contribution in [3.63, 3.8) is 0 Å². The van der Waals surface area contributed by atoms with Gasteiger partial charge in [-0.15, -0.1) is 0 Å². The van der Waals surface area contributed by atoms with E-state index >= 15 is 0 Å². The largest absolute Gasteiger partial charge is 0.356 e. The Morgan fingerprint density at radius 3 is 3.17 bits per heavy atom. The van der Waals surface area contributed by atoms with E-state index < -0.39 is 0 Å². The van der Waals surface area contributed by atoms with E-state index in [1.165, 1.54) is 0 Å². The molecule has 5 heteroatoms. The van der Waals surface area contributed by atoms with Gasteiger partial charge in [-0.1, -0.05) is 0 Å². The summed E-state index contributed by atoms with van der Waals surface area (Å²) < 4.78 is 0.767. The molecule has 1 heterocycles. The van der Waals surface area contributed by atoms with Crippen LogP contribution in [0.25, 0.3) is 0 Å². The average Bonchev–Trinajstić information content (AvgIpc) is 2.07. The Balaban J connectivity index is 2.84. The Morgan fingerprint density at radius 1 is 1.75 bits per heavy atom. The highest BCUT2D eigenvalue weighted by Gasteiger charge is 2.00. The van der Waals surface area contributed by atoms with Crippen LogP contribution in [0.4, 0.5) is 5.82 Å². The maximum atomic E-state index is 8.32. The first-order valence-corrected chi connectivity index (χ1v) is 4.13. The molecule has 62 valence electrons. The number of aryl methyl sites for hydroxylation is 1. The molecule has 0 radical (unpaired) electrons.